The molecule has 0 atom stereocenters. The molecule has 1 aliphatic carbocycles. The summed E-state index contributed by atoms with van der Waals surface area (Å²) in [5.41, 5.74) is 17.6. The molecule has 0 aliphatic heterocycles. The molecule has 50 heavy (non-hydrogen) atoms. The fraction of sp³-hybridized carbons (Fsp3) is 0.128. The van der Waals surface area contributed by atoms with Crippen LogP contribution >= 0.6 is 0 Å². The number of benzene rings is 6. The third-order valence-corrected chi connectivity index (χ3v) is 10.1. The van der Waals surface area contributed by atoms with Crippen LogP contribution in [0.1, 0.15) is 48.6 Å². The molecule has 0 radical (unpaired) electrons. The van der Waals surface area contributed by atoms with E-state index in [9.17, 15) is 0 Å². The van der Waals surface area contributed by atoms with Gasteiger partial charge in [0, 0.05) is 27.9 Å². The highest BCUT2D eigenvalue weighted by molar-refractivity contribution is 5.99. The van der Waals surface area contributed by atoms with E-state index in [0.29, 0.717) is 11.8 Å². The Labute approximate surface area is 293 Å². The largest absolute Gasteiger partial charge is 0.436 e. The van der Waals surface area contributed by atoms with Crippen molar-refractivity contribution in [2.75, 3.05) is 0 Å². The van der Waals surface area contributed by atoms with Crippen LogP contribution in [0, 0.1) is 6.92 Å². The van der Waals surface area contributed by atoms with Gasteiger partial charge in [-0.25, -0.2) is 4.98 Å². The number of allylic oxidation sites excluding steroid dienone is 1. The predicted molar refractivity (Wildman–Crippen MR) is 209 cm³/mol. The molecule has 8 aromatic rings. The minimum absolute atomic E-state index is 0.361. The van der Waals surface area contributed by atoms with Gasteiger partial charge in [-0.2, -0.15) is 0 Å². The van der Waals surface area contributed by atoms with Crippen molar-refractivity contribution in [2.45, 2.75) is 39.5 Å². The molecule has 6 aromatic carbocycles. The molecule has 0 saturated carbocycles. The molecular weight excluding hydrogens is 609 g/mol. The van der Waals surface area contributed by atoms with E-state index < -0.39 is 0 Å². The third-order valence-electron chi connectivity index (χ3n) is 10.1. The molecule has 0 N–H and O–H groups in total. The lowest BCUT2D eigenvalue weighted by molar-refractivity contribution is 0.611. The van der Waals surface area contributed by atoms with E-state index in [2.05, 4.69) is 171 Å². The molecule has 9 rings (SSSR count). The molecule has 0 saturated heterocycles. The van der Waals surface area contributed by atoms with Gasteiger partial charge in [0.1, 0.15) is 5.52 Å². The van der Waals surface area contributed by atoms with Crippen LogP contribution in [0.4, 0.5) is 0 Å². The molecule has 0 spiro atoms. The smallest absolute Gasteiger partial charge is 0.227 e. The van der Waals surface area contributed by atoms with E-state index in [1.54, 1.807) is 0 Å². The fourth-order valence-corrected chi connectivity index (χ4v) is 7.75. The minimum atomic E-state index is 0.361. The van der Waals surface area contributed by atoms with Gasteiger partial charge in [0.05, 0.1) is 5.52 Å². The SMILES string of the molecule is Cc1cc(C(C)C)c2oc(-c3ccc(-c4ccccc4-c4ccccc4-c4ccc5c(c4)c4c(n5-c5ccccc5)CCC=C4)cc3)nc2c1. The Bertz CT molecular complexity index is 2560. The van der Waals surface area contributed by atoms with Crippen LogP contribution in [0.25, 0.3) is 78.6 Å². The Balaban J connectivity index is 1.12. The maximum Gasteiger partial charge on any atom is 0.227 e. The first-order chi connectivity index (χ1) is 24.5. The summed E-state index contributed by atoms with van der Waals surface area (Å²) < 4.78 is 8.83. The monoisotopic (exact) mass is 646 g/mol. The van der Waals surface area contributed by atoms with Gasteiger partial charge in [0.2, 0.25) is 5.89 Å². The standard InChI is InChI=1S/C47H38N2O/c1-30(2)41-27-31(3)28-43-46(41)50-47(48-43)33-23-21-32(22-24-33)36-15-7-9-17-38(36)39-18-10-8-16-37(39)34-25-26-45-42(29-34)40-19-11-12-20-44(40)49(45)35-13-5-4-6-14-35/h4-11,13-19,21-30H,12,20H2,1-3H3. The number of hydrogen-bond donors (Lipinski definition) is 0. The molecule has 1 aliphatic rings. The van der Waals surface area contributed by atoms with E-state index >= 15 is 0 Å². The molecule has 2 aromatic heterocycles. The van der Waals surface area contributed by atoms with Gasteiger partial charge in [0.15, 0.2) is 5.58 Å². The third kappa shape index (κ3) is 5.09. The topological polar surface area (TPSA) is 31.0 Å². The summed E-state index contributed by atoms with van der Waals surface area (Å²) in [5.74, 6) is 1.02. The zero-order chi connectivity index (χ0) is 33.8. The predicted octanol–water partition coefficient (Wildman–Crippen LogP) is 12.8. The van der Waals surface area contributed by atoms with Gasteiger partial charge in [-0.05, 0) is 113 Å². The first-order valence-electron chi connectivity index (χ1n) is 17.6. The van der Waals surface area contributed by atoms with Crippen molar-refractivity contribution in [1.82, 2.24) is 9.55 Å². The zero-order valence-corrected chi connectivity index (χ0v) is 28.7. The van der Waals surface area contributed by atoms with Crippen molar-refractivity contribution in [3.8, 4) is 50.5 Å². The average Bonchev–Trinajstić information content (AvgIpc) is 3.74. The second-order valence-corrected chi connectivity index (χ2v) is 13.7. The van der Waals surface area contributed by atoms with Crippen LogP contribution in [-0.4, -0.2) is 9.55 Å². The summed E-state index contributed by atoms with van der Waals surface area (Å²) >= 11 is 0. The van der Waals surface area contributed by atoms with Crippen molar-refractivity contribution in [3.05, 3.63) is 162 Å². The Morgan fingerprint density at radius 2 is 1.30 bits per heavy atom. The maximum atomic E-state index is 6.38. The molecule has 0 fully saturated rings. The Hall–Kier alpha value is -5.93. The van der Waals surface area contributed by atoms with E-state index in [1.807, 2.05) is 0 Å². The minimum Gasteiger partial charge on any atom is -0.436 e. The van der Waals surface area contributed by atoms with Gasteiger partial charge < -0.3 is 8.98 Å². The number of oxazole rings is 1. The highest BCUT2D eigenvalue weighted by atomic mass is 16.3. The van der Waals surface area contributed by atoms with Gasteiger partial charge in [-0.15, -0.1) is 0 Å². The van der Waals surface area contributed by atoms with E-state index in [4.69, 9.17) is 9.40 Å². The maximum absolute atomic E-state index is 6.38. The van der Waals surface area contributed by atoms with Crippen LogP contribution in [-0.2, 0) is 6.42 Å². The molecule has 242 valence electrons. The van der Waals surface area contributed by atoms with E-state index in [0.717, 1.165) is 35.1 Å². The number of rotatable bonds is 6. The first kappa shape index (κ1) is 30.2. The van der Waals surface area contributed by atoms with Crippen LogP contribution < -0.4 is 0 Å². The number of aromatic nitrogens is 2. The highest BCUT2D eigenvalue weighted by Gasteiger charge is 2.21. The molecule has 0 unspecified atom stereocenters. The number of fused-ring (bicyclic) bond motifs is 4. The van der Waals surface area contributed by atoms with Crippen molar-refractivity contribution >= 4 is 28.1 Å². The quantitative estimate of drug-likeness (QED) is 0.180. The van der Waals surface area contributed by atoms with Crippen molar-refractivity contribution in [1.29, 1.82) is 0 Å². The Morgan fingerprint density at radius 3 is 2.02 bits per heavy atom. The summed E-state index contributed by atoms with van der Waals surface area (Å²) in [7, 11) is 0. The lowest BCUT2D eigenvalue weighted by Crippen LogP contribution is -2.02. The second-order valence-electron chi connectivity index (χ2n) is 13.7. The Morgan fingerprint density at radius 1 is 0.660 bits per heavy atom. The van der Waals surface area contributed by atoms with E-state index in [1.165, 1.54) is 66.8 Å². The van der Waals surface area contributed by atoms with Gasteiger partial charge >= 0.3 is 0 Å². The lowest BCUT2D eigenvalue weighted by atomic mass is 9.88. The molecule has 2 heterocycles. The zero-order valence-electron chi connectivity index (χ0n) is 28.7. The number of hydrogen-bond acceptors (Lipinski definition) is 2. The van der Waals surface area contributed by atoms with Crippen molar-refractivity contribution in [2.24, 2.45) is 0 Å². The molecule has 0 bridgehead atoms. The number of aryl methyl sites for hydroxylation is 1. The molecular formula is C47H38N2O. The number of nitrogens with zero attached hydrogens (tertiary/aromatic N) is 2. The van der Waals surface area contributed by atoms with Crippen molar-refractivity contribution < 1.29 is 4.42 Å². The highest BCUT2D eigenvalue weighted by Crippen LogP contribution is 2.42. The molecule has 0 amide bonds. The van der Waals surface area contributed by atoms with E-state index in [-0.39, 0.29) is 0 Å². The summed E-state index contributed by atoms with van der Waals surface area (Å²) in [4.78, 5) is 4.89. The van der Waals surface area contributed by atoms with Crippen molar-refractivity contribution in [3.63, 3.8) is 0 Å². The normalized spacial score (nSPS) is 12.6. The van der Waals surface area contributed by atoms with Crippen LogP contribution in [0.15, 0.2) is 144 Å². The average molecular weight is 647 g/mol. The summed E-state index contributed by atoms with van der Waals surface area (Å²) in [6.07, 6.45) is 6.74. The fourth-order valence-electron chi connectivity index (χ4n) is 7.75. The summed E-state index contributed by atoms with van der Waals surface area (Å²) in [6, 6.07) is 48.3. The molecule has 3 nitrogen and oxygen atoms in total. The molecule has 3 heteroatoms. The van der Waals surface area contributed by atoms with Gasteiger partial charge in [-0.3, -0.25) is 0 Å². The summed E-state index contributed by atoms with van der Waals surface area (Å²) in [5, 5.41) is 1.30. The second kappa shape index (κ2) is 12.2. The lowest BCUT2D eigenvalue weighted by Gasteiger charge is -2.15. The summed E-state index contributed by atoms with van der Waals surface area (Å²) in [6.45, 7) is 6.52. The van der Waals surface area contributed by atoms with Gasteiger partial charge in [-0.1, -0.05) is 117 Å². The van der Waals surface area contributed by atoms with Crippen LogP contribution in [0.2, 0.25) is 0 Å². The van der Waals surface area contributed by atoms with Crippen LogP contribution in [0.5, 0.6) is 0 Å². The van der Waals surface area contributed by atoms with Gasteiger partial charge in [0.25, 0.3) is 0 Å². The first-order valence-corrected chi connectivity index (χ1v) is 17.6. The van der Waals surface area contributed by atoms with Crippen LogP contribution in [0.3, 0.4) is 0 Å². The number of para-hydroxylation sites is 1. The Kier molecular flexibility index (Phi) is 7.35.